The summed E-state index contributed by atoms with van der Waals surface area (Å²) in [6.45, 7) is 1.28. The Morgan fingerprint density at radius 1 is 1.50 bits per heavy atom. The maximum atomic E-state index is 11.9. The molecule has 0 radical (unpaired) electrons. The third kappa shape index (κ3) is 3.54. The number of aryl methyl sites for hydroxylation is 1. The number of carbonyl (C=O) groups is 2. The highest BCUT2D eigenvalue weighted by atomic mass is 79.9. The zero-order valence-corrected chi connectivity index (χ0v) is 11.7. The molecule has 1 aromatic carbocycles. The first-order valence-corrected chi connectivity index (χ1v) is 6.04. The van der Waals surface area contributed by atoms with Gasteiger partial charge in [-0.25, -0.2) is 4.79 Å². The molecule has 18 heavy (non-hydrogen) atoms. The van der Waals surface area contributed by atoms with Gasteiger partial charge in [0.2, 0.25) is 0 Å². The number of aliphatic hydroxyl groups is 1. The van der Waals surface area contributed by atoms with Crippen LogP contribution in [0.1, 0.15) is 15.9 Å². The maximum Gasteiger partial charge on any atom is 0.330 e. The Hall–Kier alpha value is -1.40. The van der Waals surface area contributed by atoms with E-state index in [4.69, 9.17) is 5.11 Å². The molecule has 1 atom stereocenters. The fraction of sp³-hybridized carbons (Fsp3) is 0.333. The molecular weight excluding hydrogens is 302 g/mol. The van der Waals surface area contributed by atoms with Crippen LogP contribution < -0.4 is 5.32 Å². The normalized spacial score (nSPS) is 11.8. The van der Waals surface area contributed by atoms with Crippen LogP contribution in [-0.4, -0.2) is 36.7 Å². The molecule has 6 heteroatoms. The lowest BCUT2D eigenvalue weighted by molar-refractivity contribution is -0.143. The lowest BCUT2D eigenvalue weighted by atomic mass is 10.1. The minimum atomic E-state index is -1.05. The summed E-state index contributed by atoms with van der Waals surface area (Å²) in [7, 11) is 1.20. The van der Waals surface area contributed by atoms with Gasteiger partial charge in [0.05, 0.1) is 13.7 Å². The highest BCUT2D eigenvalue weighted by Crippen LogP contribution is 2.15. The van der Waals surface area contributed by atoms with Crippen molar-refractivity contribution in [2.24, 2.45) is 0 Å². The fourth-order valence-electron chi connectivity index (χ4n) is 1.44. The van der Waals surface area contributed by atoms with Gasteiger partial charge in [-0.3, -0.25) is 4.79 Å². The molecule has 0 spiro atoms. The van der Waals surface area contributed by atoms with Crippen molar-refractivity contribution in [3.05, 3.63) is 33.8 Å². The van der Waals surface area contributed by atoms with Gasteiger partial charge in [0.25, 0.3) is 5.91 Å². The van der Waals surface area contributed by atoms with Crippen LogP contribution in [0.5, 0.6) is 0 Å². The van der Waals surface area contributed by atoms with Crippen molar-refractivity contribution in [2.75, 3.05) is 13.7 Å². The number of halogens is 1. The van der Waals surface area contributed by atoms with Crippen LogP contribution >= 0.6 is 15.9 Å². The van der Waals surface area contributed by atoms with Gasteiger partial charge in [-0.2, -0.15) is 0 Å². The molecule has 98 valence electrons. The Morgan fingerprint density at radius 3 is 2.67 bits per heavy atom. The molecule has 1 aromatic rings. The highest BCUT2D eigenvalue weighted by Gasteiger charge is 2.21. The second-order valence-electron chi connectivity index (χ2n) is 3.69. The summed E-state index contributed by atoms with van der Waals surface area (Å²) < 4.78 is 5.33. The Morgan fingerprint density at radius 2 is 2.17 bits per heavy atom. The SMILES string of the molecule is COC(=O)C(CO)NC(=O)c1ccc(Br)cc1C. The van der Waals surface area contributed by atoms with Crippen molar-refractivity contribution in [1.82, 2.24) is 5.32 Å². The van der Waals surface area contributed by atoms with E-state index in [1.165, 1.54) is 7.11 Å². The van der Waals surface area contributed by atoms with Gasteiger partial charge in [-0.15, -0.1) is 0 Å². The smallest absolute Gasteiger partial charge is 0.330 e. The number of ether oxygens (including phenoxy) is 1. The number of amides is 1. The van der Waals surface area contributed by atoms with Crippen molar-refractivity contribution < 1.29 is 19.4 Å². The zero-order chi connectivity index (χ0) is 13.7. The number of hydrogen-bond donors (Lipinski definition) is 2. The van der Waals surface area contributed by atoms with E-state index in [1.54, 1.807) is 25.1 Å². The van der Waals surface area contributed by atoms with Crippen LogP contribution in [0.3, 0.4) is 0 Å². The third-order valence-electron chi connectivity index (χ3n) is 2.41. The van der Waals surface area contributed by atoms with E-state index in [0.29, 0.717) is 5.56 Å². The molecule has 1 amide bonds. The summed E-state index contributed by atoms with van der Waals surface area (Å²) >= 11 is 3.30. The predicted octanol–water partition coefficient (Wildman–Crippen LogP) is 1.02. The standard InChI is InChI=1S/C12H14BrNO4/c1-7-5-8(13)3-4-9(7)11(16)14-10(6-15)12(17)18-2/h3-5,10,15H,6H2,1-2H3,(H,14,16). The lowest BCUT2D eigenvalue weighted by Crippen LogP contribution is -2.44. The number of esters is 1. The van der Waals surface area contributed by atoms with Gasteiger partial charge in [0.15, 0.2) is 6.04 Å². The lowest BCUT2D eigenvalue weighted by Gasteiger charge is -2.14. The number of carbonyl (C=O) groups excluding carboxylic acids is 2. The molecule has 0 saturated carbocycles. The first-order valence-electron chi connectivity index (χ1n) is 5.25. The first kappa shape index (κ1) is 14.7. The molecule has 0 bridgehead atoms. The van der Waals surface area contributed by atoms with Gasteiger partial charge >= 0.3 is 5.97 Å². The summed E-state index contributed by atoms with van der Waals surface area (Å²) in [6, 6.07) is 4.11. The second-order valence-corrected chi connectivity index (χ2v) is 4.61. The van der Waals surface area contributed by atoms with Crippen LogP contribution in [0, 0.1) is 6.92 Å². The number of hydrogen-bond acceptors (Lipinski definition) is 4. The number of benzene rings is 1. The number of methoxy groups -OCH3 is 1. The Bertz CT molecular complexity index is 461. The van der Waals surface area contributed by atoms with Crippen molar-refractivity contribution in [1.29, 1.82) is 0 Å². The summed E-state index contributed by atoms with van der Waals surface area (Å²) in [5.74, 6) is -1.11. The van der Waals surface area contributed by atoms with E-state index in [9.17, 15) is 9.59 Å². The van der Waals surface area contributed by atoms with Gasteiger partial charge in [0, 0.05) is 10.0 Å². The van der Waals surface area contributed by atoms with Crippen LogP contribution in [0.2, 0.25) is 0 Å². The molecule has 2 N–H and O–H groups in total. The summed E-state index contributed by atoms with van der Waals surface area (Å²) in [5.41, 5.74) is 1.21. The van der Waals surface area contributed by atoms with Crippen molar-refractivity contribution in [3.8, 4) is 0 Å². The Balaban J connectivity index is 2.84. The van der Waals surface area contributed by atoms with Crippen LogP contribution in [0.15, 0.2) is 22.7 Å². The highest BCUT2D eigenvalue weighted by molar-refractivity contribution is 9.10. The average Bonchev–Trinajstić information content (AvgIpc) is 2.34. The quantitative estimate of drug-likeness (QED) is 0.813. The van der Waals surface area contributed by atoms with Gasteiger partial charge in [-0.05, 0) is 30.7 Å². The van der Waals surface area contributed by atoms with E-state index < -0.39 is 24.5 Å². The van der Waals surface area contributed by atoms with Gasteiger partial charge in [-0.1, -0.05) is 15.9 Å². The third-order valence-corrected chi connectivity index (χ3v) is 2.90. The predicted molar refractivity (Wildman–Crippen MR) is 69.2 cm³/mol. The first-order chi connectivity index (χ1) is 8.49. The topological polar surface area (TPSA) is 75.6 Å². The zero-order valence-electron chi connectivity index (χ0n) is 10.1. The number of nitrogens with one attached hydrogen (secondary N) is 1. The van der Waals surface area contributed by atoms with E-state index in [2.05, 4.69) is 26.0 Å². The summed E-state index contributed by atoms with van der Waals surface area (Å²) in [5, 5.41) is 11.4. The molecule has 0 saturated heterocycles. The fourth-order valence-corrected chi connectivity index (χ4v) is 1.91. The number of rotatable bonds is 4. The van der Waals surface area contributed by atoms with Gasteiger partial charge < -0.3 is 15.2 Å². The molecule has 0 aliphatic rings. The average molecular weight is 316 g/mol. The molecule has 0 heterocycles. The molecule has 5 nitrogen and oxygen atoms in total. The van der Waals surface area contributed by atoms with E-state index in [1.807, 2.05) is 0 Å². The van der Waals surface area contributed by atoms with Crippen molar-refractivity contribution in [3.63, 3.8) is 0 Å². The minimum Gasteiger partial charge on any atom is -0.467 e. The summed E-state index contributed by atoms with van der Waals surface area (Å²) in [4.78, 5) is 23.2. The molecule has 0 aliphatic heterocycles. The van der Waals surface area contributed by atoms with Crippen molar-refractivity contribution >= 4 is 27.8 Å². The second kappa shape index (κ2) is 6.51. The molecular formula is C12H14BrNO4. The van der Waals surface area contributed by atoms with Crippen LogP contribution in [-0.2, 0) is 9.53 Å². The van der Waals surface area contributed by atoms with Crippen LogP contribution in [0.4, 0.5) is 0 Å². The monoisotopic (exact) mass is 315 g/mol. The number of aliphatic hydroxyl groups excluding tert-OH is 1. The molecule has 1 unspecified atom stereocenters. The van der Waals surface area contributed by atoms with E-state index >= 15 is 0 Å². The molecule has 0 fully saturated rings. The molecule has 1 rings (SSSR count). The molecule has 0 aromatic heterocycles. The van der Waals surface area contributed by atoms with Crippen LogP contribution in [0.25, 0.3) is 0 Å². The van der Waals surface area contributed by atoms with Gasteiger partial charge in [0.1, 0.15) is 0 Å². The largest absolute Gasteiger partial charge is 0.467 e. The Kier molecular flexibility index (Phi) is 5.30. The van der Waals surface area contributed by atoms with E-state index in [0.717, 1.165) is 10.0 Å². The Labute approximate surface area is 113 Å². The molecule has 0 aliphatic carbocycles. The summed E-state index contributed by atoms with van der Waals surface area (Å²) in [6.07, 6.45) is 0. The van der Waals surface area contributed by atoms with E-state index in [-0.39, 0.29) is 0 Å². The van der Waals surface area contributed by atoms with Crippen molar-refractivity contribution in [2.45, 2.75) is 13.0 Å². The minimum absolute atomic E-state index is 0.426. The maximum absolute atomic E-state index is 11.9.